The highest BCUT2D eigenvalue weighted by Crippen LogP contribution is 2.17. The van der Waals surface area contributed by atoms with Crippen LogP contribution in [0.15, 0.2) is 0 Å². The van der Waals surface area contributed by atoms with Crippen LogP contribution in [0, 0.1) is 0 Å². The predicted octanol–water partition coefficient (Wildman–Crippen LogP) is 2.21. The second-order valence-corrected chi connectivity index (χ2v) is 5.21. The molecule has 0 aromatic rings. The Hall–Kier alpha value is -0.220. The van der Waals surface area contributed by atoms with Crippen molar-refractivity contribution in [3.63, 3.8) is 0 Å². The van der Waals surface area contributed by atoms with Crippen molar-refractivity contribution in [2.24, 2.45) is 0 Å². The number of ether oxygens (including phenoxy) is 1. The summed E-state index contributed by atoms with van der Waals surface area (Å²) in [7, 11) is 0. The van der Waals surface area contributed by atoms with Crippen molar-refractivity contribution >= 4 is 17.7 Å². The molecular formula is C12H23NO2S. The Morgan fingerprint density at radius 2 is 2.38 bits per heavy atom. The lowest BCUT2D eigenvalue weighted by Gasteiger charge is -2.09. The molecule has 1 aliphatic heterocycles. The molecule has 94 valence electrons. The van der Waals surface area contributed by atoms with Crippen molar-refractivity contribution in [3.8, 4) is 0 Å². The quantitative estimate of drug-likeness (QED) is 0.666. The van der Waals surface area contributed by atoms with Crippen LogP contribution in [0.25, 0.3) is 0 Å². The number of rotatable bonds is 8. The lowest BCUT2D eigenvalue weighted by Crippen LogP contribution is -2.24. The third-order valence-electron chi connectivity index (χ3n) is 2.83. The molecule has 3 nitrogen and oxygen atoms in total. The fourth-order valence-corrected chi connectivity index (χ4v) is 2.27. The van der Waals surface area contributed by atoms with Crippen molar-refractivity contribution in [3.05, 3.63) is 0 Å². The normalized spacial score (nSPS) is 19.9. The van der Waals surface area contributed by atoms with Crippen molar-refractivity contribution < 1.29 is 9.53 Å². The highest BCUT2D eigenvalue weighted by atomic mass is 32.2. The summed E-state index contributed by atoms with van der Waals surface area (Å²) in [6.45, 7) is 1.76. The van der Waals surface area contributed by atoms with Gasteiger partial charge in [-0.2, -0.15) is 11.8 Å². The summed E-state index contributed by atoms with van der Waals surface area (Å²) in [6, 6.07) is 0. The van der Waals surface area contributed by atoms with E-state index in [9.17, 15) is 4.79 Å². The molecule has 1 aliphatic rings. The van der Waals surface area contributed by atoms with Crippen molar-refractivity contribution in [1.29, 1.82) is 0 Å². The lowest BCUT2D eigenvalue weighted by molar-refractivity contribution is -0.120. The number of unbranched alkanes of at least 4 members (excludes halogenated alkanes) is 1. The zero-order valence-corrected chi connectivity index (χ0v) is 11.0. The number of nitrogens with one attached hydrogen (secondary N) is 1. The molecule has 0 saturated carbocycles. The van der Waals surface area contributed by atoms with Crippen LogP contribution in [0.1, 0.15) is 38.5 Å². The van der Waals surface area contributed by atoms with Gasteiger partial charge in [0.05, 0.1) is 6.10 Å². The van der Waals surface area contributed by atoms with Gasteiger partial charge in [-0.25, -0.2) is 0 Å². The Labute approximate surface area is 103 Å². The first-order valence-electron chi connectivity index (χ1n) is 6.20. The topological polar surface area (TPSA) is 38.3 Å². The first-order chi connectivity index (χ1) is 7.83. The van der Waals surface area contributed by atoms with Crippen LogP contribution in [-0.2, 0) is 9.53 Å². The summed E-state index contributed by atoms with van der Waals surface area (Å²) in [6.07, 6.45) is 8.99. The number of carbonyl (C=O) groups excluding carboxylic acids is 1. The van der Waals surface area contributed by atoms with E-state index in [1.54, 1.807) is 11.8 Å². The van der Waals surface area contributed by atoms with E-state index in [1.807, 2.05) is 6.26 Å². The van der Waals surface area contributed by atoms with Gasteiger partial charge in [-0.05, 0) is 38.4 Å². The van der Waals surface area contributed by atoms with E-state index in [0.29, 0.717) is 12.5 Å². The van der Waals surface area contributed by atoms with Crippen LogP contribution in [0.4, 0.5) is 0 Å². The van der Waals surface area contributed by atoms with E-state index in [2.05, 4.69) is 5.32 Å². The molecule has 0 aromatic carbocycles. The molecular weight excluding hydrogens is 222 g/mol. The van der Waals surface area contributed by atoms with Gasteiger partial charge in [0.1, 0.15) is 0 Å². The number of hydrogen-bond donors (Lipinski definition) is 1. The van der Waals surface area contributed by atoms with Gasteiger partial charge in [0.25, 0.3) is 0 Å². The minimum atomic E-state index is 0.187. The first-order valence-corrected chi connectivity index (χ1v) is 7.59. The molecule has 1 atom stereocenters. The van der Waals surface area contributed by atoms with Gasteiger partial charge in [-0.1, -0.05) is 0 Å². The summed E-state index contributed by atoms with van der Waals surface area (Å²) in [5, 5.41) is 2.95. The van der Waals surface area contributed by atoms with Crippen LogP contribution < -0.4 is 5.32 Å². The fraction of sp³-hybridized carbons (Fsp3) is 0.917. The molecule has 4 heteroatoms. The summed E-state index contributed by atoms with van der Waals surface area (Å²) < 4.78 is 5.54. The molecule has 16 heavy (non-hydrogen) atoms. The average molecular weight is 245 g/mol. The van der Waals surface area contributed by atoms with Crippen molar-refractivity contribution in [1.82, 2.24) is 5.32 Å². The molecule has 1 saturated heterocycles. The number of thioether (sulfide) groups is 1. The Balaban J connectivity index is 1.85. The molecule has 0 bridgehead atoms. The van der Waals surface area contributed by atoms with Gasteiger partial charge in [0, 0.05) is 25.3 Å². The van der Waals surface area contributed by atoms with E-state index >= 15 is 0 Å². The van der Waals surface area contributed by atoms with Gasteiger partial charge in [0.2, 0.25) is 5.91 Å². The van der Waals surface area contributed by atoms with E-state index in [1.165, 1.54) is 12.8 Å². The number of hydrogen-bond acceptors (Lipinski definition) is 3. The maximum absolute atomic E-state index is 11.3. The number of amides is 1. The molecule has 0 spiro atoms. The lowest BCUT2D eigenvalue weighted by atomic mass is 10.1. The molecule has 1 heterocycles. The molecule has 0 unspecified atom stereocenters. The molecule has 0 aromatic heterocycles. The zero-order valence-electron chi connectivity index (χ0n) is 10.2. The Bertz CT molecular complexity index is 193. The minimum Gasteiger partial charge on any atom is -0.378 e. The molecule has 1 N–H and O–H groups in total. The number of carbonyl (C=O) groups is 1. The van der Waals surface area contributed by atoms with Gasteiger partial charge in [0.15, 0.2) is 0 Å². The van der Waals surface area contributed by atoms with Gasteiger partial charge < -0.3 is 10.1 Å². The van der Waals surface area contributed by atoms with Crippen LogP contribution >= 0.6 is 11.8 Å². The van der Waals surface area contributed by atoms with E-state index in [-0.39, 0.29) is 5.91 Å². The minimum absolute atomic E-state index is 0.187. The predicted molar refractivity (Wildman–Crippen MR) is 68.8 cm³/mol. The monoisotopic (exact) mass is 245 g/mol. The second kappa shape index (κ2) is 8.88. The van der Waals surface area contributed by atoms with Crippen molar-refractivity contribution in [2.75, 3.05) is 25.2 Å². The maximum Gasteiger partial charge on any atom is 0.220 e. The van der Waals surface area contributed by atoms with Crippen LogP contribution in [0.5, 0.6) is 0 Å². The van der Waals surface area contributed by atoms with E-state index in [0.717, 1.165) is 38.2 Å². The van der Waals surface area contributed by atoms with Crippen LogP contribution in [-0.4, -0.2) is 37.2 Å². The average Bonchev–Trinajstić information content (AvgIpc) is 2.79. The smallest absolute Gasteiger partial charge is 0.220 e. The second-order valence-electron chi connectivity index (χ2n) is 4.22. The highest BCUT2D eigenvalue weighted by Gasteiger charge is 2.14. The fourth-order valence-electron chi connectivity index (χ4n) is 1.88. The third-order valence-corrected chi connectivity index (χ3v) is 3.44. The summed E-state index contributed by atoms with van der Waals surface area (Å²) >= 11 is 1.71. The van der Waals surface area contributed by atoms with Gasteiger partial charge in [-0.15, -0.1) is 0 Å². The molecule has 0 aliphatic carbocycles. The Morgan fingerprint density at radius 1 is 1.50 bits per heavy atom. The Kier molecular flexibility index (Phi) is 7.68. The molecule has 1 amide bonds. The maximum atomic E-state index is 11.3. The van der Waals surface area contributed by atoms with Gasteiger partial charge >= 0.3 is 0 Å². The molecule has 1 fully saturated rings. The van der Waals surface area contributed by atoms with Crippen molar-refractivity contribution in [2.45, 2.75) is 44.6 Å². The first kappa shape index (κ1) is 13.8. The largest absolute Gasteiger partial charge is 0.378 e. The molecule has 1 rings (SSSR count). The van der Waals surface area contributed by atoms with Crippen LogP contribution in [0.3, 0.4) is 0 Å². The highest BCUT2D eigenvalue weighted by molar-refractivity contribution is 7.98. The summed E-state index contributed by atoms with van der Waals surface area (Å²) in [5.74, 6) is 1.10. The molecule has 0 radical (unpaired) electrons. The van der Waals surface area contributed by atoms with Gasteiger partial charge in [-0.3, -0.25) is 4.79 Å². The summed E-state index contributed by atoms with van der Waals surface area (Å²) in [4.78, 5) is 11.3. The Morgan fingerprint density at radius 3 is 3.06 bits per heavy atom. The summed E-state index contributed by atoms with van der Waals surface area (Å²) in [5.41, 5.74) is 0. The SMILES string of the molecule is CSCCC(=O)NCCCC[C@H]1CCCO1. The van der Waals surface area contributed by atoms with Crippen LogP contribution in [0.2, 0.25) is 0 Å². The third kappa shape index (κ3) is 6.38. The van der Waals surface area contributed by atoms with E-state index < -0.39 is 0 Å². The zero-order chi connectivity index (χ0) is 11.6. The standard InChI is InChI=1S/C12H23NO2S/c1-16-10-7-12(14)13-8-3-2-5-11-6-4-9-15-11/h11H,2-10H2,1H3,(H,13,14)/t11-/m0/s1. The van der Waals surface area contributed by atoms with E-state index in [4.69, 9.17) is 4.74 Å².